The van der Waals surface area contributed by atoms with Gasteiger partial charge in [-0.05, 0) is 36.4 Å². The van der Waals surface area contributed by atoms with Crippen LogP contribution in [0.3, 0.4) is 0 Å². The highest BCUT2D eigenvalue weighted by Crippen LogP contribution is 2.41. The molecule has 1 N–H and O–H groups in total. The predicted molar refractivity (Wildman–Crippen MR) is 108 cm³/mol. The molecule has 130 valence electrons. The van der Waals surface area contributed by atoms with Crippen LogP contribution in [0.15, 0.2) is 95.1 Å². The second kappa shape index (κ2) is 5.52. The first kappa shape index (κ1) is 14.7. The molecule has 0 spiro atoms. The summed E-state index contributed by atoms with van der Waals surface area (Å²) in [4.78, 5) is 0. The Balaban J connectivity index is 1.31. The summed E-state index contributed by atoms with van der Waals surface area (Å²) in [7, 11) is 0. The maximum atomic E-state index is 6.10. The molecule has 1 aliphatic carbocycles. The van der Waals surface area contributed by atoms with E-state index in [-0.39, 0.29) is 6.10 Å². The van der Waals surface area contributed by atoms with Crippen molar-refractivity contribution in [3.8, 4) is 5.75 Å². The summed E-state index contributed by atoms with van der Waals surface area (Å²) < 4.78 is 12.1. The average molecular weight is 351 g/mol. The van der Waals surface area contributed by atoms with Crippen LogP contribution in [-0.2, 0) is 0 Å². The molecule has 2 aliphatic rings. The Morgan fingerprint density at radius 1 is 0.815 bits per heavy atom. The largest absolute Gasteiger partial charge is 0.485 e. The number of rotatable bonds is 2. The fourth-order valence-electron chi connectivity index (χ4n) is 4.10. The summed E-state index contributed by atoms with van der Waals surface area (Å²) in [6, 6.07) is 22.7. The number of allylic oxidation sites excluding steroid dienone is 1. The van der Waals surface area contributed by atoms with E-state index in [9.17, 15) is 0 Å². The topological polar surface area (TPSA) is 34.4 Å². The molecule has 6 rings (SSSR count). The van der Waals surface area contributed by atoms with Crippen LogP contribution in [0.25, 0.3) is 21.9 Å². The van der Waals surface area contributed by atoms with Crippen LogP contribution in [-0.4, -0.2) is 6.10 Å². The molecule has 2 unspecified atom stereocenters. The van der Waals surface area contributed by atoms with E-state index in [2.05, 4.69) is 59.9 Å². The lowest BCUT2D eigenvalue weighted by Gasteiger charge is -2.19. The molecular formula is C24H17NO2. The summed E-state index contributed by atoms with van der Waals surface area (Å²) in [5, 5.41) is 5.78. The number of benzene rings is 3. The molecule has 3 aromatic carbocycles. The zero-order valence-corrected chi connectivity index (χ0v) is 14.6. The van der Waals surface area contributed by atoms with E-state index in [0.717, 1.165) is 39.1 Å². The van der Waals surface area contributed by atoms with Crippen LogP contribution in [0.5, 0.6) is 5.75 Å². The van der Waals surface area contributed by atoms with Crippen molar-refractivity contribution in [2.75, 3.05) is 5.32 Å². The minimum atomic E-state index is 0.0461. The van der Waals surface area contributed by atoms with Crippen LogP contribution in [0.4, 0.5) is 5.69 Å². The molecule has 2 atom stereocenters. The van der Waals surface area contributed by atoms with Gasteiger partial charge in [-0.2, -0.15) is 0 Å². The van der Waals surface area contributed by atoms with Gasteiger partial charge in [-0.15, -0.1) is 0 Å². The number of anilines is 1. The number of furan rings is 1. The van der Waals surface area contributed by atoms with Crippen LogP contribution >= 0.6 is 0 Å². The van der Waals surface area contributed by atoms with Crippen molar-refractivity contribution < 1.29 is 9.15 Å². The first-order valence-electron chi connectivity index (χ1n) is 9.19. The van der Waals surface area contributed by atoms with Crippen molar-refractivity contribution in [2.45, 2.75) is 12.0 Å². The van der Waals surface area contributed by atoms with Crippen LogP contribution < -0.4 is 10.1 Å². The number of fused-ring (bicyclic) bond motifs is 6. The molecule has 3 nitrogen and oxygen atoms in total. The monoisotopic (exact) mass is 351 g/mol. The maximum Gasteiger partial charge on any atom is 0.137 e. The Hall–Kier alpha value is -3.46. The van der Waals surface area contributed by atoms with Gasteiger partial charge in [-0.25, -0.2) is 0 Å². The first-order valence-corrected chi connectivity index (χ1v) is 9.19. The van der Waals surface area contributed by atoms with Gasteiger partial charge >= 0.3 is 0 Å². The third-order valence-corrected chi connectivity index (χ3v) is 5.39. The number of para-hydroxylation sites is 2. The molecule has 0 radical (unpaired) electrons. The van der Waals surface area contributed by atoms with Gasteiger partial charge in [0.25, 0.3) is 0 Å². The van der Waals surface area contributed by atoms with E-state index < -0.39 is 0 Å². The molecule has 1 aromatic heterocycles. The van der Waals surface area contributed by atoms with Gasteiger partial charge in [0.2, 0.25) is 0 Å². The molecular weight excluding hydrogens is 334 g/mol. The van der Waals surface area contributed by atoms with E-state index in [1.807, 2.05) is 30.3 Å². The summed E-state index contributed by atoms with van der Waals surface area (Å²) in [5.41, 5.74) is 5.12. The molecule has 0 saturated carbocycles. The van der Waals surface area contributed by atoms with Gasteiger partial charge in [-0.3, -0.25) is 0 Å². The van der Waals surface area contributed by atoms with Crippen LogP contribution in [0.2, 0.25) is 0 Å². The van der Waals surface area contributed by atoms with Crippen LogP contribution in [0, 0.1) is 0 Å². The second-order valence-corrected chi connectivity index (χ2v) is 7.06. The highest BCUT2D eigenvalue weighted by Gasteiger charge is 2.32. The Kier molecular flexibility index (Phi) is 3.00. The standard InChI is InChI=1S/C24H17NO2/c1-3-7-21-17(5-1)19-11-9-15(13-23(19)26-21)25-16-10-12-20-18-6-2-4-8-22(18)27-24(20)14-16/h1-14,19,23,25H. The lowest BCUT2D eigenvalue weighted by Crippen LogP contribution is -2.19. The zero-order chi connectivity index (χ0) is 17.8. The van der Waals surface area contributed by atoms with Gasteiger partial charge in [0.05, 0.1) is 0 Å². The molecule has 0 amide bonds. The number of hydrogen-bond donors (Lipinski definition) is 1. The molecule has 1 aliphatic heterocycles. The van der Waals surface area contributed by atoms with E-state index in [0.29, 0.717) is 5.92 Å². The second-order valence-electron chi connectivity index (χ2n) is 7.06. The zero-order valence-electron chi connectivity index (χ0n) is 14.6. The summed E-state index contributed by atoms with van der Waals surface area (Å²) in [6.07, 6.45) is 6.56. The Labute approximate surface area is 156 Å². The van der Waals surface area contributed by atoms with Crippen molar-refractivity contribution >= 4 is 27.6 Å². The summed E-state index contributed by atoms with van der Waals surface area (Å²) >= 11 is 0. The van der Waals surface area contributed by atoms with Crippen molar-refractivity contribution in [1.29, 1.82) is 0 Å². The van der Waals surface area contributed by atoms with E-state index in [1.54, 1.807) is 0 Å². The SMILES string of the molecule is C1=CC2c3ccccc3OC2C=C1Nc1ccc2c(c1)oc1ccccc12. The fourth-order valence-corrected chi connectivity index (χ4v) is 4.10. The minimum Gasteiger partial charge on any atom is -0.485 e. The summed E-state index contributed by atoms with van der Waals surface area (Å²) in [5.74, 6) is 1.28. The molecule has 2 heterocycles. The van der Waals surface area contributed by atoms with Crippen molar-refractivity contribution in [3.05, 3.63) is 96.2 Å². The maximum absolute atomic E-state index is 6.10. The lowest BCUT2D eigenvalue weighted by molar-refractivity contribution is 0.268. The fraction of sp³-hybridized carbons (Fsp3) is 0.0833. The van der Waals surface area contributed by atoms with Gasteiger partial charge < -0.3 is 14.5 Å². The molecule has 0 bridgehead atoms. The van der Waals surface area contributed by atoms with Crippen LogP contribution in [0.1, 0.15) is 11.5 Å². The van der Waals surface area contributed by atoms with Crippen molar-refractivity contribution in [2.24, 2.45) is 0 Å². The molecule has 27 heavy (non-hydrogen) atoms. The highest BCUT2D eigenvalue weighted by molar-refractivity contribution is 6.05. The third kappa shape index (κ3) is 2.28. The van der Waals surface area contributed by atoms with Gasteiger partial charge in [-0.1, -0.05) is 42.5 Å². The Morgan fingerprint density at radius 3 is 2.67 bits per heavy atom. The van der Waals surface area contributed by atoms with Crippen molar-refractivity contribution in [3.63, 3.8) is 0 Å². The first-order chi connectivity index (χ1) is 13.3. The highest BCUT2D eigenvalue weighted by atomic mass is 16.5. The Bertz CT molecular complexity index is 1250. The number of ether oxygens (including phenoxy) is 1. The Morgan fingerprint density at radius 2 is 1.67 bits per heavy atom. The summed E-state index contributed by atoms with van der Waals surface area (Å²) in [6.45, 7) is 0. The predicted octanol–water partition coefficient (Wildman–Crippen LogP) is 6.00. The lowest BCUT2D eigenvalue weighted by atomic mass is 9.91. The number of hydrogen-bond acceptors (Lipinski definition) is 3. The van der Waals surface area contributed by atoms with Gasteiger partial charge in [0.1, 0.15) is 23.0 Å². The normalized spacial score (nSPS) is 20.2. The van der Waals surface area contributed by atoms with E-state index >= 15 is 0 Å². The van der Waals surface area contributed by atoms with Gasteiger partial charge in [0.15, 0.2) is 0 Å². The molecule has 3 heteroatoms. The third-order valence-electron chi connectivity index (χ3n) is 5.39. The number of nitrogens with one attached hydrogen (secondary N) is 1. The molecule has 0 saturated heterocycles. The van der Waals surface area contributed by atoms with Gasteiger partial charge in [0, 0.05) is 39.7 Å². The van der Waals surface area contributed by atoms with E-state index in [4.69, 9.17) is 9.15 Å². The van der Waals surface area contributed by atoms with E-state index in [1.165, 1.54) is 5.56 Å². The molecule has 4 aromatic rings. The smallest absolute Gasteiger partial charge is 0.137 e. The molecule has 0 fully saturated rings. The minimum absolute atomic E-state index is 0.0461. The average Bonchev–Trinajstić information content (AvgIpc) is 3.25. The van der Waals surface area contributed by atoms with Crippen molar-refractivity contribution in [1.82, 2.24) is 0 Å². The quantitative estimate of drug-likeness (QED) is 0.481.